The Morgan fingerprint density at radius 3 is 2.65 bits per heavy atom. The molecule has 0 fully saturated rings. The van der Waals surface area contributed by atoms with Crippen molar-refractivity contribution in [2.45, 2.75) is 19.4 Å². The number of nitrogens with one attached hydrogen (secondary N) is 1. The van der Waals surface area contributed by atoms with E-state index in [1.807, 2.05) is 31.3 Å². The molecule has 0 aliphatic heterocycles. The van der Waals surface area contributed by atoms with Gasteiger partial charge in [0.2, 0.25) is 0 Å². The van der Waals surface area contributed by atoms with Gasteiger partial charge in [0.15, 0.2) is 0 Å². The van der Waals surface area contributed by atoms with Crippen LogP contribution in [0.1, 0.15) is 24.9 Å². The summed E-state index contributed by atoms with van der Waals surface area (Å²) in [5.41, 5.74) is 1.06. The van der Waals surface area contributed by atoms with Crippen LogP contribution in [0.5, 0.6) is 11.5 Å². The van der Waals surface area contributed by atoms with Gasteiger partial charge >= 0.3 is 0 Å². The highest BCUT2D eigenvalue weighted by Gasteiger charge is 2.14. The Hall–Kier alpha value is -1.39. The van der Waals surface area contributed by atoms with E-state index in [2.05, 4.69) is 28.2 Å². The van der Waals surface area contributed by atoms with Gasteiger partial charge in [0.25, 0.3) is 0 Å². The topological polar surface area (TPSA) is 21.3 Å². The summed E-state index contributed by atoms with van der Waals surface area (Å²) in [5, 5.41) is 3.25. The average molecular weight is 338 g/mol. The highest BCUT2D eigenvalue weighted by atomic mass is 79.9. The first-order chi connectivity index (χ1) is 9.65. The predicted octanol–water partition coefficient (Wildman–Crippen LogP) is 5.05. The fourth-order valence-electron chi connectivity index (χ4n) is 2.11. The summed E-state index contributed by atoms with van der Waals surface area (Å²) in [6, 6.07) is 12.4. The molecule has 0 amide bonds. The number of halogens is 2. The summed E-state index contributed by atoms with van der Waals surface area (Å²) in [7, 11) is 1.92. The van der Waals surface area contributed by atoms with Crippen LogP contribution < -0.4 is 10.1 Å². The zero-order valence-electron chi connectivity index (χ0n) is 11.5. The maximum absolute atomic E-state index is 13.3. The molecule has 2 rings (SSSR count). The summed E-state index contributed by atoms with van der Waals surface area (Å²) in [5.74, 6) is 0.893. The third-order valence-corrected chi connectivity index (χ3v) is 3.82. The molecule has 2 aromatic carbocycles. The van der Waals surface area contributed by atoms with E-state index >= 15 is 0 Å². The fraction of sp³-hybridized carbons (Fsp3) is 0.250. The summed E-state index contributed by atoms with van der Waals surface area (Å²) >= 11 is 3.38. The lowest BCUT2D eigenvalue weighted by atomic mass is 10.0. The summed E-state index contributed by atoms with van der Waals surface area (Å²) in [6.45, 7) is 2.11. The molecule has 4 heteroatoms. The van der Waals surface area contributed by atoms with Crippen molar-refractivity contribution in [2.75, 3.05) is 7.05 Å². The largest absolute Gasteiger partial charge is 0.456 e. The molecule has 0 aliphatic rings. The van der Waals surface area contributed by atoms with Crippen LogP contribution in [0, 0.1) is 5.82 Å². The number of hydrogen-bond donors (Lipinski definition) is 1. The molecule has 2 nitrogen and oxygen atoms in total. The molecule has 0 aliphatic carbocycles. The Kier molecular flexibility index (Phi) is 5.15. The molecule has 1 unspecified atom stereocenters. The van der Waals surface area contributed by atoms with Gasteiger partial charge in [0, 0.05) is 17.7 Å². The van der Waals surface area contributed by atoms with Crippen molar-refractivity contribution in [3.8, 4) is 11.5 Å². The number of hydrogen-bond acceptors (Lipinski definition) is 2. The van der Waals surface area contributed by atoms with E-state index < -0.39 is 0 Å². The zero-order valence-corrected chi connectivity index (χ0v) is 13.1. The van der Waals surface area contributed by atoms with Gasteiger partial charge in [0.05, 0.1) is 4.47 Å². The normalized spacial score (nSPS) is 12.2. The Morgan fingerprint density at radius 2 is 1.95 bits per heavy atom. The summed E-state index contributed by atoms with van der Waals surface area (Å²) < 4.78 is 19.9. The van der Waals surface area contributed by atoms with Crippen LogP contribution in [-0.2, 0) is 0 Å². The molecule has 0 aromatic heterocycles. The van der Waals surface area contributed by atoms with Crippen molar-refractivity contribution in [3.63, 3.8) is 0 Å². The second kappa shape index (κ2) is 6.86. The van der Waals surface area contributed by atoms with Gasteiger partial charge in [-0.15, -0.1) is 0 Å². The SMILES string of the molecule is CCC(NC)c1ccccc1Oc1cc(F)ccc1Br. The molecule has 0 saturated heterocycles. The van der Waals surface area contributed by atoms with E-state index in [0.29, 0.717) is 5.75 Å². The van der Waals surface area contributed by atoms with Crippen LogP contribution in [0.2, 0.25) is 0 Å². The second-order valence-corrected chi connectivity index (χ2v) is 5.32. The molecule has 1 N–H and O–H groups in total. The highest BCUT2D eigenvalue weighted by molar-refractivity contribution is 9.10. The van der Waals surface area contributed by atoms with Crippen molar-refractivity contribution < 1.29 is 9.13 Å². The Balaban J connectivity index is 2.36. The first-order valence-corrected chi connectivity index (χ1v) is 7.34. The fourth-order valence-corrected chi connectivity index (χ4v) is 2.44. The lowest BCUT2D eigenvalue weighted by molar-refractivity contribution is 0.452. The zero-order chi connectivity index (χ0) is 14.5. The molecule has 0 radical (unpaired) electrons. The van der Waals surface area contributed by atoms with Crippen molar-refractivity contribution >= 4 is 15.9 Å². The van der Waals surface area contributed by atoms with Gasteiger partial charge in [-0.05, 0) is 47.6 Å². The van der Waals surface area contributed by atoms with E-state index in [-0.39, 0.29) is 11.9 Å². The Bertz CT molecular complexity index is 584. The van der Waals surface area contributed by atoms with Crippen LogP contribution in [-0.4, -0.2) is 7.05 Å². The maximum atomic E-state index is 13.3. The van der Waals surface area contributed by atoms with Crippen LogP contribution >= 0.6 is 15.9 Å². The second-order valence-electron chi connectivity index (χ2n) is 4.46. The Labute approximate surface area is 127 Å². The van der Waals surface area contributed by atoms with E-state index in [9.17, 15) is 4.39 Å². The van der Waals surface area contributed by atoms with E-state index in [0.717, 1.165) is 22.2 Å². The van der Waals surface area contributed by atoms with Crippen molar-refractivity contribution in [3.05, 3.63) is 58.3 Å². The van der Waals surface area contributed by atoms with Crippen LogP contribution in [0.4, 0.5) is 4.39 Å². The monoisotopic (exact) mass is 337 g/mol. The predicted molar refractivity (Wildman–Crippen MR) is 82.7 cm³/mol. The van der Waals surface area contributed by atoms with Crippen LogP contribution in [0.3, 0.4) is 0 Å². The molecular weight excluding hydrogens is 321 g/mol. The van der Waals surface area contributed by atoms with E-state index in [1.54, 1.807) is 6.07 Å². The number of rotatable bonds is 5. The first kappa shape index (κ1) is 15.0. The molecular formula is C16H17BrFNO. The van der Waals surface area contributed by atoms with Crippen molar-refractivity contribution in [1.82, 2.24) is 5.32 Å². The van der Waals surface area contributed by atoms with Crippen LogP contribution in [0.15, 0.2) is 46.9 Å². The smallest absolute Gasteiger partial charge is 0.144 e. The first-order valence-electron chi connectivity index (χ1n) is 6.54. The van der Waals surface area contributed by atoms with Gasteiger partial charge in [-0.1, -0.05) is 25.1 Å². The summed E-state index contributed by atoms with van der Waals surface area (Å²) in [6.07, 6.45) is 0.946. The molecule has 20 heavy (non-hydrogen) atoms. The number of para-hydroxylation sites is 1. The lowest BCUT2D eigenvalue weighted by Gasteiger charge is -2.19. The van der Waals surface area contributed by atoms with Gasteiger partial charge in [0.1, 0.15) is 17.3 Å². The lowest BCUT2D eigenvalue weighted by Crippen LogP contribution is -2.15. The number of ether oxygens (including phenoxy) is 1. The van der Waals surface area contributed by atoms with Crippen LogP contribution in [0.25, 0.3) is 0 Å². The minimum Gasteiger partial charge on any atom is -0.456 e. The third-order valence-electron chi connectivity index (χ3n) is 3.16. The van der Waals surface area contributed by atoms with E-state index in [1.165, 1.54) is 12.1 Å². The standard InChI is InChI=1S/C16H17BrFNO/c1-3-14(19-2)12-6-4-5-7-15(12)20-16-10-11(18)8-9-13(16)17/h4-10,14,19H,3H2,1-2H3. The molecule has 0 saturated carbocycles. The quantitative estimate of drug-likeness (QED) is 0.824. The molecule has 0 spiro atoms. The third kappa shape index (κ3) is 3.38. The van der Waals surface area contributed by atoms with E-state index in [4.69, 9.17) is 4.74 Å². The minimum atomic E-state index is -0.318. The Morgan fingerprint density at radius 1 is 1.20 bits per heavy atom. The molecule has 0 bridgehead atoms. The highest BCUT2D eigenvalue weighted by Crippen LogP contribution is 2.34. The molecule has 0 heterocycles. The van der Waals surface area contributed by atoms with Crippen molar-refractivity contribution in [1.29, 1.82) is 0 Å². The van der Waals surface area contributed by atoms with Crippen molar-refractivity contribution in [2.24, 2.45) is 0 Å². The van der Waals surface area contributed by atoms with Gasteiger partial charge in [-0.25, -0.2) is 4.39 Å². The maximum Gasteiger partial charge on any atom is 0.144 e. The number of benzene rings is 2. The molecule has 1 atom stereocenters. The molecule has 2 aromatic rings. The molecule has 106 valence electrons. The summed E-state index contributed by atoms with van der Waals surface area (Å²) in [4.78, 5) is 0. The van der Waals surface area contributed by atoms with Gasteiger partial charge in [-0.3, -0.25) is 0 Å². The average Bonchev–Trinajstić information content (AvgIpc) is 2.46. The minimum absolute atomic E-state index is 0.207. The van der Waals surface area contributed by atoms with Gasteiger partial charge < -0.3 is 10.1 Å². The van der Waals surface area contributed by atoms with Gasteiger partial charge in [-0.2, -0.15) is 0 Å².